The Labute approximate surface area is 115 Å². The number of carbonyl (C=O) groups excluding carboxylic acids is 1. The minimum Gasteiger partial charge on any atom is -0.358 e. The summed E-state index contributed by atoms with van der Waals surface area (Å²) in [6, 6.07) is 10.2. The third-order valence-electron chi connectivity index (χ3n) is 2.80. The van der Waals surface area contributed by atoms with Gasteiger partial charge in [0.05, 0.1) is 11.4 Å². The predicted molar refractivity (Wildman–Crippen MR) is 72.7 cm³/mol. The summed E-state index contributed by atoms with van der Waals surface area (Å²) in [5, 5.41) is 11.4. The molecule has 0 aromatic carbocycles. The van der Waals surface area contributed by atoms with Crippen LogP contribution >= 0.6 is 0 Å². The zero-order valence-electron chi connectivity index (χ0n) is 10.8. The van der Waals surface area contributed by atoms with Crippen LogP contribution in [-0.2, 0) is 11.3 Å². The fraction of sp³-hybridized carbons (Fsp3) is 0.143. The maximum absolute atomic E-state index is 12.2. The van der Waals surface area contributed by atoms with E-state index in [1.54, 1.807) is 30.5 Å². The fourth-order valence-corrected chi connectivity index (χ4v) is 1.78. The van der Waals surface area contributed by atoms with Crippen LogP contribution in [0.2, 0.25) is 0 Å². The number of hydrogen-bond donors (Lipinski definition) is 1. The van der Waals surface area contributed by atoms with Crippen LogP contribution in [0.15, 0.2) is 41.3 Å². The lowest BCUT2D eigenvalue weighted by Gasteiger charge is -2.11. The number of nitrogens with one attached hydrogen (secondary N) is 1. The molecule has 0 saturated carbocycles. The lowest BCUT2D eigenvalue weighted by molar-refractivity contribution is -0.121. The maximum Gasteiger partial charge on any atom is 0.269 e. The van der Waals surface area contributed by atoms with Crippen molar-refractivity contribution in [3.63, 3.8) is 0 Å². The molecule has 0 unspecified atom stereocenters. The first-order valence-corrected chi connectivity index (χ1v) is 5.93. The molecule has 0 aliphatic carbocycles. The molecular formula is C14H12N4O2. The topological polar surface area (TPSA) is 87.8 Å². The summed E-state index contributed by atoms with van der Waals surface area (Å²) in [6.45, 7) is -0.156. The second kappa shape index (κ2) is 5.80. The molecule has 1 amide bonds. The average molecular weight is 268 g/mol. The first-order chi connectivity index (χ1) is 9.67. The number of carbonyl (C=O) groups is 1. The van der Waals surface area contributed by atoms with Crippen molar-refractivity contribution in [1.29, 1.82) is 5.26 Å². The predicted octanol–water partition coefficient (Wildman–Crippen LogP) is 0.528. The molecule has 0 aliphatic rings. The second-order valence-corrected chi connectivity index (χ2v) is 4.02. The van der Waals surface area contributed by atoms with E-state index < -0.39 is 5.56 Å². The van der Waals surface area contributed by atoms with E-state index in [0.717, 1.165) is 0 Å². The molecule has 0 atom stereocenters. The van der Waals surface area contributed by atoms with Crippen LogP contribution in [0.1, 0.15) is 5.56 Å². The molecule has 2 rings (SSSR count). The summed E-state index contributed by atoms with van der Waals surface area (Å²) in [6.07, 6.45) is 1.60. The van der Waals surface area contributed by atoms with Gasteiger partial charge in [-0.3, -0.25) is 19.1 Å². The van der Waals surface area contributed by atoms with Crippen molar-refractivity contribution in [3.8, 4) is 17.5 Å². The van der Waals surface area contributed by atoms with Gasteiger partial charge >= 0.3 is 0 Å². The third kappa shape index (κ3) is 2.57. The molecule has 6 heteroatoms. The summed E-state index contributed by atoms with van der Waals surface area (Å²) < 4.78 is 1.25. The van der Waals surface area contributed by atoms with Gasteiger partial charge in [0.1, 0.15) is 18.2 Å². The van der Waals surface area contributed by atoms with Gasteiger partial charge in [-0.2, -0.15) is 5.26 Å². The molecule has 0 spiro atoms. The van der Waals surface area contributed by atoms with Crippen LogP contribution in [-0.4, -0.2) is 22.5 Å². The molecule has 2 heterocycles. The molecule has 0 aliphatic heterocycles. The number of likely N-dealkylation sites (N-methyl/N-ethyl adjacent to an activating group) is 1. The quantitative estimate of drug-likeness (QED) is 0.879. The summed E-state index contributed by atoms with van der Waals surface area (Å²) >= 11 is 0. The summed E-state index contributed by atoms with van der Waals surface area (Å²) in [7, 11) is 1.49. The molecule has 1 N–H and O–H groups in total. The zero-order valence-corrected chi connectivity index (χ0v) is 10.8. The van der Waals surface area contributed by atoms with Crippen LogP contribution in [0, 0.1) is 11.3 Å². The molecule has 100 valence electrons. The van der Waals surface area contributed by atoms with Gasteiger partial charge in [-0.25, -0.2) is 0 Å². The minimum atomic E-state index is -0.501. The van der Waals surface area contributed by atoms with E-state index in [-0.39, 0.29) is 18.0 Å². The highest BCUT2D eigenvalue weighted by Gasteiger charge is 2.13. The molecule has 0 fully saturated rings. The van der Waals surface area contributed by atoms with E-state index in [9.17, 15) is 9.59 Å². The second-order valence-electron chi connectivity index (χ2n) is 4.02. The van der Waals surface area contributed by atoms with Crippen LogP contribution in [0.4, 0.5) is 0 Å². The molecule has 0 bridgehead atoms. The molecule has 6 nitrogen and oxygen atoms in total. The van der Waals surface area contributed by atoms with Crippen LogP contribution in [0.3, 0.4) is 0 Å². The number of nitrogens with zero attached hydrogens (tertiary/aromatic N) is 3. The van der Waals surface area contributed by atoms with Crippen molar-refractivity contribution < 1.29 is 4.79 Å². The van der Waals surface area contributed by atoms with Crippen LogP contribution in [0.25, 0.3) is 11.4 Å². The number of amides is 1. The smallest absolute Gasteiger partial charge is 0.269 e. The number of nitriles is 1. The molecule has 2 aromatic rings. The molecule has 2 aromatic heterocycles. The monoisotopic (exact) mass is 268 g/mol. The highest BCUT2D eigenvalue weighted by molar-refractivity contribution is 5.76. The van der Waals surface area contributed by atoms with Crippen molar-refractivity contribution in [3.05, 3.63) is 52.4 Å². The Balaban J connectivity index is 2.63. The van der Waals surface area contributed by atoms with Crippen molar-refractivity contribution in [2.75, 3.05) is 7.05 Å². The molecule has 0 saturated heterocycles. The molecular weight excluding hydrogens is 256 g/mol. The Bertz CT molecular complexity index is 729. The van der Waals surface area contributed by atoms with Crippen LogP contribution < -0.4 is 10.9 Å². The van der Waals surface area contributed by atoms with Gasteiger partial charge in [-0.15, -0.1) is 0 Å². The van der Waals surface area contributed by atoms with Gasteiger partial charge in [-0.1, -0.05) is 6.07 Å². The number of rotatable bonds is 3. The summed E-state index contributed by atoms with van der Waals surface area (Å²) in [5.41, 5.74) is 0.559. The van der Waals surface area contributed by atoms with Crippen LogP contribution in [0.5, 0.6) is 0 Å². The van der Waals surface area contributed by atoms with E-state index in [4.69, 9.17) is 5.26 Å². The van der Waals surface area contributed by atoms with Gasteiger partial charge < -0.3 is 5.32 Å². The van der Waals surface area contributed by atoms with Gasteiger partial charge in [0, 0.05) is 13.2 Å². The van der Waals surface area contributed by atoms with E-state index in [0.29, 0.717) is 11.4 Å². The van der Waals surface area contributed by atoms with Crippen molar-refractivity contribution in [2.45, 2.75) is 6.54 Å². The first-order valence-electron chi connectivity index (χ1n) is 5.93. The van der Waals surface area contributed by atoms with E-state index in [1.165, 1.54) is 17.7 Å². The highest BCUT2D eigenvalue weighted by Crippen LogP contribution is 2.15. The third-order valence-corrected chi connectivity index (χ3v) is 2.80. The Kier molecular flexibility index (Phi) is 3.91. The maximum atomic E-state index is 12.2. The van der Waals surface area contributed by atoms with E-state index >= 15 is 0 Å². The van der Waals surface area contributed by atoms with Crippen molar-refractivity contribution >= 4 is 5.91 Å². The largest absolute Gasteiger partial charge is 0.358 e. The SMILES string of the molecule is CNC(=O)Cn1c(-c2ccccn2)ccc(C#N)c1=O. The number of pyridine rings is 2. The first kappa shape index (κ1) is 13.5. The lowest BCUT2D eigenvalue weighted by Crippen LogP contribution is -2.32. The molecule has 0 radical (unpaired) electrons. The van der Waals surface area contributed by atoms with Crippen molar-refractivity contribution in [2.24, 2.45) is 0 Å². The molecule has 20 heavy (non-hydrogen) atoms. The number of aromatic nitrogens is 2. The normalized spacial score (nSPS) is 9.80. The number of hydrogen-bond acceptors (Lipinski definition) is 4. The lowest BCUT2D eigenvalue weighted by atomic mass is 10.2. The Morgan fingerprint density at radius 3 is 2.80 bits per heavy atom. The average Bonchev–Trinajstić information content (AvgIpc) is 2.50. The van der Waals surface area contributed by atoms with Gasteiger partial charge in [0.25, 0.3) is 5.56 Å². The van der Waals surface area contributed by atoms with E-state index in [1.807, 2.05) is 6.07 Å². The van der Waals surface area contributed by atoms with Gasteiger partial charge in [0.15, 0.2) is 0 Å². The summed E-state index contributed by atoms with van der Waals surface area (Å²) in [4.78, 5) is 27.9. The zero-order chi connectivity index (χ0) is 14.5. The Hall–Kier alpha value is -2.94. The standard InChI is InChI=1S/C14H12N4O2/c1-16-13(19)9-18-12(11-4-2-3-7-17-11)6-5-10(8-15)14(18)20/h2-7H,9H2,1H3,(H,16,19). The Morgan fingerprint density at radius 1 is 1.40 bits per heavy atom. The van der Waals surface area contributed by atoms with Gasteiger partial charge in [-0.05, 0) is 24.3 Å². The van der Waals surface area contributed by atoms with Gasteiger partial charge in [0.2, 0.25) is 5.91 Å². The highest BCUT2D eigenvalue weighted by atomic mass is 16.2. The minimum absolute atomic E-state index is 0.00594. The summed E-state index contributed by atoms with van der Waals surface area (Å²) in [5.74, 6) is -0.320. The Morgan fingerprint density at radius 2 is 2.20 bits per heavy atom. The van der Waals surface area contributed by atoms with Crippen molar-refractivity contribution in [1.82, 2.24) is 14.9 Å². The van der Waals surface area contributed by atoms with E-state index in [2.05, 4.69) is 10.3 Å². The fourth-order valence-electron chi connectivity index (χ4n) is 1.78.